The van der Waals surface area contributed by atoms with Crippen LogP contribution in [0.5, 0.6) is 0 Å². The SMILES string of the molecule is C=CCCOC(=O)[C@@H]1[C@H]2C(=O)N([C@@H](CO)CC(C)C)C(C(=O)N(CC=C)CCCCC)C23CC[C@H]1S3. The van der Waals surface area contributed by atoms with Crippen molar-refractivity contribution in [3.63, 3.8) is 0 Å². The highest BCUT2D eigenvalue weighted by atomic mass is 32.2. The van der Waals surface area contributed by atoms with Gasteiger partial charge in [0.25, 0.3) is 0 Å². The Morgan fingerprint density at radius 1 is 1.31 bits per heavy atom. The Hall–Kier alpha value is -1.80. The number of esters is 1. The van der Waals surface area contributed by atoms with Gasteiger partial charge in [0.05, 0.1) is 35.8 Å². The molecular formula is C28H44N2O5S. The van der Waals surface area contributed by atoms with Gasteiger partial charge in [0.2, 0.25) is 11.8 Å². The van der Waals surface area contributed by atoms with E-state index >= 15 is 0 Å². The Balaban J connectivity index is 2.01. The summed E-state index contributed by atoms with van der Waals surface area (Å²) in [7, 11) is 0. The number of carbonyl (C=O) groups is 3. The largest absolute Gasteiger partial charge is 0.465 e. The lowest BCUT2D eigenvalue weighted by molar-refractivity contribution is -0.154. The van der Waals surface area contributed by atoms with E-state index in [0.29, 0.717) is 32.4 Å². The van der Waals surface area contributed by atoms with Crippen molar-refractivity contribution in [2.45, 2.75) is 87.8 Å². The third-order valence-corrected chi connectivity index (χ3v) is 9.80. The van der Waals surface area contributed by atoms with Crippen molar-refractivity contribution in [1.29, 1.82) is 0 Å². The molecule has 202 valence electrons. The summed E-state index contributed by atoms with van der Waals surface area (Å²) in [6.45, 7) is 14.8. The van der Waals surface area contributed by atoms with E-state index in [9.17, 15) is 19.5 Å². The smallest absolute Gasteiger partial charge is 0.310 e. The number of amides is 2. The zero-order valence-electron chi connectivity index (χ0n) is 22.2. The Morgan fingerprint density at radius 3 is 2.67 bits per heavy atom. The molecule has 3 aliphatic heterocycles. The van der Waals surface area contributed by atoms with Crippen molar-refractivity contribution in [2.24, 2.45) is 17.8 Å². The molecule has 3 saturated heterocycles. The molecule has 2 bridgehead atoms. The highest BCUT2D eigenvalue weighted by molar-refractivity contribution is 8.02. The van der Waals surface area contributed by atoms with Crippen LogP contribution in [0.2, 0.25) is 0 Å². The summed E-state index contributed by atoms with van der Waals surface area (Å²) >= 11 is 1.64. The van der Waals surface area contributed by atoms with Gasteiger partial charge in [-0.15, -0.1) is 24.9 Å². The fourth-order valence-electron chi connectivity index (χ4n) is 6.36. The number of thioether (sulfide) groups is 1. The van der Waals surface area contributed by atoms with Gasteiger partial charge >= 0.3 is 5.97 Å². The second kappa shape index (κ2) is 12.6. The number of carbonyl (C=O) groups excluding carboxylic acids is 3. The monoisotopic (exact) mass is 520 g/mol. The first-order chi connectivity index (χ1) is 17.3. The Kier molecular flexibility index (Phi) is 10.1. The number of nitrogens with zero attached hydrogens (tertiary/aromatic N) is 2. The van der Waals surface area contributed by atoms with Crippen LogP contribution in [0.1, 0.15) is 65.7 Å². The van der Waals surface area contributed by atoms with E-state index in [2.05, 4.69) is 20.1 Å². The normalized spacial score (nSPS) is 29.4. The van der Waals surface area contributed by atoms with Gasteiger partial charge in [-0.25, -0.2) is 0 Å². The summed E-state index contributed by atoms with van der Waals surface area (Å²) in [4.78, 5) is 45.1. The minimum atomic E-state index is -0.701. The zero-order valence-corrected chi connectivity index (χ0v) is 23.0. The molecule has 0 aliphatic carbocycles. The minimum absolute atomic E-state index is 0.0294. The van der Waals surface area contributed by atoms with Crippen LogP contribution in [0.25, 0.3) is 0 Å². The molecular weight excluding hydrogens is 476 g/mol. The molecule has 2 amide bonds. The highest BCUT2D eigenvalue weighted by Gasteiger charge is 2.74. The maximum Gasteiger partial charge on any atom is 0.310 e. The predicted octanol–water partition coefficient (Wildman–Crippen LogP) is 3.81. The van der Waals surface area contributed by atoms with E-state index in [-0.39, 0.29) is 42.2 Å². The van der Waals surface area contributed by atoms with E-state index in [1.165, 1.54) is 0 Å². The molecule has 0 aromatic carbocycles. The number of rotatable bonds is 15. The molecule has 1 spiro atoms. The Morgan fingerprint density at radius 2 is 2.06 bits per heavy atom. The first-order valence-corrected chi connectivity index (χ1v) is 14.4. The lowest BCUT2D eigenvalue weighted by Gasteiger charge is -2.40. The number of aliphatic hydroxyl groups excluding tert-OH is 1. The molecule has 8 heteroatoms. The summed E-state index contributed by atoms with van der Waals surface area (Å²) < 4.78 is 4.88. The van der Waals surface area contributed by atoms with E-state index < -0.39 is 28.7 Å². The maximum atomic E-state index is 14.3. The van der Waals surface area contributed by atoms with Gasteiger partial charge in [0, 0.05) is 18.3 Å². The van der Waals surface area contributed by atoms with Gasteiger partial charge in [-0.3, -0.25) is 14.4 Å². The Labute approximate surface area is 220 Å². The topological polar surface area (TPSA) is 87.1 Å². The molecule has 36 heavy (non-hydrogen) atoms. The first kappa shape index (κ1) is 28.8. The van der Waals surface area contributed by atoms with Gasteiger partial charge in [-0.1, -0.05) is 45.8 Å². The lowest BCUT2D eigenvalue weighted by atomic mass is 9.71. The predicted molar refractivity (Wildman–Crippen MR) is 143 cm³/mol. The molecule has 3 fully saturated rings. The van der Waals surface area contributed by atoms with Crippen molar-refractivity contribution in [1.82, 2.24) is 9.80 Å². The maximum absolute atomic E-state index is 14.3. The van der Waals surface area contributed by atoms with E-state index in [0.717, 1.165) is 25.7 Å². The molecule has 0 aromatic rings. The van der Waals surface area contributed by atoms with Crippen LogP contribution in [-0.4, -0.2) is 81.1 Å². The van der Waals surface area contributed by atoms with Crippen molar-refractivity contribution in [2.75, 3.05) is 26.3 Å². The molecule has 3 rings (SSSR count). The second-order valence-electron chi connectivity index (χ2n) is 10.8. The third kappa shape index (κ3) is 5.40. The molecule has 3 aliphatic rings. The summed E-state index contributed by atoms with van der Waals surface area (Å²) in [5, 5.41) is 10.3. The lowest BCUT2D eigenvalue weighted by Crippen LogP contribution is -2.57. The first-order valence-electron chi connectivity index (χ1n) is 13.5. The van der Waals surface area contributed by atoms with Crippen LogP contribution in [0, 0.1) is 17.8 Å². The average Bonchev–Trinajstić information content (AvgIpc) is 3.49. The van der Waals surface area contributed by atoms with Crippen molar-refractivity contribution in [3.8, 4) is 0 Å². The van der Waals surface area contributed by atoms with E-state index in [4.69, 9.17) is 4.74 Å². The van der Waals surface area contributed by atoms with Crippen molar-refractivity contribution >= 4 is 29.5 Å². The molecule has 0 saturated carbocycles. The van der Waals surface area contributed by atoms with E-state index in [1.54, 1.807) is 28.8 Å². The van der Waals surface area contributed by atoms with Crippen molar-refractivity contribution < 1.29 is 24.2 Å². The quantitative estimate of drug-likeness (QED) is 0.201. The average molecular weight is 521 g/mol. The summed E-state index contributed by atoms with van der Waals surface area (Å²) in [5.41, 5.74) is 0. The van der Waals surface area contributed by atoms with Crippen LogP contribution in [0.15, 0.2) is 25.3 Å². The summed E-state index contributed by atoms with van der Waals surface area (Å²) in [6.07, 6.45) is 9.02. The standard InChI is InChI=1S/C28H44N2O5S/c1-6-9-11-15-29(14-8-3)26(33)24-28-13-12-21(36-28)22(27(34)35-16-10-7-2)23(28)25(32)30(24)20(18-31)17-19(4)5/h7-8,19-24,31H,2-3,6,9-18H2,1,4-5H3/t20-,21-,22+,23+,24?,28?/m1/s1. The van der Waals surface area contributed by atoms with Crippen LogP contribution in [-0.2, 0) is 19.1 Å². The molecule has 0 radical (unpaired) electrons. The van der Waals surface area contributed by atoms with Gasteiger partial charge in [-0.2, -0.15) is 0 Å². The van der Waals surface area contributed by atoms with E-state index in [1.807, 2.05) is 18.7 Å². The molecule has 2 unspecified atom stereocenters. The van der Waals surface area contributed by atoms with Gasteiger partial charge in [-0.05, 0) is 38.0 Å². The number of hydrogen-bond acceptors (Lipinski definition) is 6. The summed E-state index contributed by atoms with van der Waals surface area (Å²) in [5.74, 6) is -1.54. The molecule has 1 N–H and O–H groups in total. The second-order valence-corrected chi connectivity index (χ2v) is 12.4. The van der Waals surface area contributed by atoms with Crippen LogP contribution < -0.4 is 0 Å². The molecule has 0 aromatic heterocycles. The van der Waals surface area contributed by atoms with Crippen molar-refractivity contribution in [3.05, 3.63) is 25.3 Å². The van der Waals surface area contributed by atoms with Gasteiger partial charge < -0.3 is 19.6 Å². The summed E-state index contributed by atoms with van der Waals surface area (Å²) in [6, 6.07) is -1.17. The number of unbranched alkanes of at least 4 members (excludes halogenated alkanes) is 2. The van der Waals surface area contributed by atoms with Gasteiger partial charge in [0.1, 0.15) is 6.04 Å². The number of fused-ring (bicyclic) bond motifs is 1. The molecule has 3 heterocycles. The molecule has 6 atom stereocenters. The fraction of sp³-hybridized carbons (Fsp3) is 0.750. The van der Waals surface area contributed by atoms with Gasteiger partial charge in [0.15, 0.2) is 0 Å². The Bertz CT molecular complexity index is 833. The number of ether oxygens (including phenoxy) is 1. The zero-order chi connectivity index (χ0) is 26.5. The number of hydrogen-bond donors (Lipinski definition) is 1. The number of likely N-dealkylation sites (tertiary alicyclic amines) is 1. The fourth-order valence-corrected chi connectivity index (χ4v) is 8.55. The molecule has 7 nitrogen and oxygen atoms in total. The van der Waals surface area contributed by atoms with Crippen LogP contribution in [0.3, 0.4) is 0 Å². The van der Waals surface area contributed by atoms with Crippen LogP contribution >= 0.6 is 11.8 Å². The minimum Gasteiger partial charge on any atom is -0.465 e. The van der Waals surface area contributed by atoms with Crippen LogP contribution in [0.4, 0.5) is 0 Å². The highest BCUT2D eigenvalue weighted by Crippen LogP contribution is 2.67. The third-order valence-electron chi connectivity index (χ3n) is 7.85. The number of aliphatic hydroxyl groups is 1.